The molecule has 1 N–H and O–H groups in total. The highest BCUT2D eigenvalue weighted by molar-refractivity contribution is 5.27. The van der Waals surface area contributed by atoms with Crippen molar-refractivity contribution in [1.82, 2.24) is 5.32 Å². The van der Waals surface area contributed by atoms with Crippen LogP contribution >= 0.6 is 0 Å². The molecule has 20 heavy (non-hydrogen) atoms. The molecule has 1 saturated carbocycles. The number of hydrogen-bond acceptors (Lipinski definition) is 3. The fourth-order valence-corrected chi connectivity index (χ4v) is 3.53. The summed E-state index contributed by atoms with van der Waals surface area (Å²) in [5.41, 5.74) is 1.42. The molecule has 1 heterocycles. The van der Waals surface area contributed by atoms with E-state index in [1.165, 1.54) is 31.2 Å². The zero-order valence-electron chi connectivity index (χ0n) is 12.4. The molecule has 1 aliphatic carbocycles. The molecule has 1 atom stereocenters. The zero-order chi connectivity index (χ0) is 13.8. The van der Waals surface area contributed by atoms with Gasteiger partial charge in [0, 0.05) is 19.4 Å². The monoisotopic (exact) mass is 275 g/mol. The van der Waals surface area contributed by atoms with E-state index < -0.39 is 0 Å². The Bertz CT molecular complexity index is 423. The molecule has 3 nitrogen and oxygen atoms in total. The van der Waals surface area contributed by atoms with Crippen molar-refractivity contribution in [3.8, 4) is 5.75 Å². The first-order valence-electron chi connectivity index (χ1n) is 7.84. The first kappa shape index (κ1) is 13.9. The van der Waals surface area contributed by atoms with E-state index in [9.17, 15) is 0 Å². The Hall–Kier alpha value is -1.06. The average molecular weight is 275 g/mol. The number of rotatable bonds is 4. The second-order valence-electron chi connectivity index (χ2n) is 6.15. The zero-order valence-corrected chi connectivity index (χ0v) is 12.4. The van der Waals surface area contributed by atoms with E-state index in [4.69, 9.17) is 9.47 Å². The van der Waals surface area contributed by atoms with Crippen molar-refractivity contribution in [2.24, 2.45) is 0 Å². The first-order valence-corrected chi connectivity index (χ1v) is 7.84. The highest BCUT2D eigenvalue weighted by Crippen LogP contribution is 2.40. The van der Waals surface area contributed by atoms with Crippen LogP contribution < -0.4 is 10.1 Å². The summed E-state index contributed by atoms with van der Waals surface area (Å²) >= 11 is 0. The molecule has 3 rings (SSSR count). The Morgan fingerprint density at radius 2 is 2.00 bits per heavy atom. The van der Waals surface area contributed by atoms with E-state index in [0.29, 0.717) is 6.10 Å². The van der Waals surface area contributed by atoms with Crippen molar-refractivity contribution in [2.75, 3.05) is 13.7 Å². The summed E-state index contributed by atoms with van der Waals surface area (Å²) in [6.45, 7) is 1.75. The van der Waals surface area contributed by atoms with Gasteiger partial charge in [0.2, 0.25) is 0 Å². The Labute approximate surface area is 121 Å². The smallest absolute Gasteiger partial charge is 0.119 e. The largest absolute Gasteiger partial charge is 0.490 e. The molecule has 2 fully saturated rings. The Kier molecular flexibility index (Phi) is 4.27. The minimum Gasteiger partial charge on any atom is -0.490 e. The van der Waals surface area contributed by atoms with E-state index in [-0.39, 0.29) is 5.60 Å². The van der Waals surface area contributed by atoms with Crippen molar-refractivity contribution in [3.05, 3.63) is 29.8 Å². The quantitative estimate of drug-likeness (QED) is 0.914. The molecule has 1 saturated heterocycles. The van der Waals surface area contributed by atoms with E-state index in [1.54, 1.807) is 0 Å². The van der Waals surface area contributed by atoms with E-state index in [1.807, 2.05) is 7.05 Å². The SMILES string of the molecule is CNCc1ccc(OC2CCOC3(CCCC3)C2)cc1. The normalized spacial score (nSPS) is 24.9. The molecule has 1 aromatic carbocycles. The van der Waals surface area contributed by atoms with Crippen LogP contribution in [0.3, 0.4) is 0 Å². The molecular formula is C17H25NO2. The lowest BCUT2D eigenvalue weighted by atomic mass is 9.90. The number of nitrogens with one attached hydrogen (secondary N) is 1. The summed E-state index contributed by atoms with van der Waals surface area (Å²) in [6.07, 6.45) is 7.45. The van der Waals surface area contributed by atoms with Crippen LogP contribution in [0.1, 0.15) is 44.1 Å². The highest BCUT2D eigenvalue weighted by Gasteiger charge is 2.40. The lowest BCUT2D eigenvalue weighted by molar-refractivity contribution is -0.108. The second-order valence-corrected chi connectivity index (χ2v) is 6.15. The molecule has 0 amide bonds. The summed E-state index contributed by atoms with van der Waals surface area (Å²) in [5, 5.41) is 3.16. The third-order valence-electron chi connectivity index (χ3n) is 4.57. The molecule has 3 heteroatoms. The van der Waals surface area contributed by atoms with Gasteiger partial charge >= 0.3 is 0 Å². The molecular weight excluding hydrogens is 250 g/mol. The van der Waals surface area contributed by atoms with Gasteiger partial charge in [0.1, 0.15) is 11.9 Å². The third kappa shape index (κ3) is 3.15. The summed E-state index contributed by atoms with van der Waals surface area (Å²) < 4.78 is 12.2. The molecule has 0 radical (unpaired) electrons. The van der Waals surface area contributed by atoms with Crippen LogP contribution in [0, 0.1) is 0 Å². The Morgan fingerprint density at radius 1 is 1.25 bits per heavy atom. The van der Waals surface area contributed by atoms with Gasteiger partial charge in [-0.25, -0.2) is 0 Å². The third-order valence-corrected chi connectivity index (χ3v) is 4.57. The summed E-state index contributed by atoms with van der Waals surface area (Å²) in [5.74, 6) is 0.991. The van der Waals surface area contributed by atoms with Crippen LogP contribution in [-0.2, 0) is 11.3 Å². The van der Waals surface area contributed by atoms with Gasteiger partial charge in [-0.2, -0.15) is 0 Å². The predicted octanol–water partition coefficient (Wildman–Crippen LogP) is 3.28. The summed E-state index contributed by atoms with van der Waals surface area (Å²) in [6, 6.07) is 8.44. The first-order chi connectivity index (χ1) is 9.80. The van der Waals surface area contributed by atoms with Gasteiger partial charge < -0.3 is 14.8 Å². The molecule has 2 aliphatic rings. The molecule has 1 aromatic rings. The van der Waals surface area contributed by atoms with E-state index in [2.05, 4.69) is 29.6 Å². The number of hydrogen-bond donors (Lipinski definition) is 1. The summed E-state index contributed by atoms with van der Waals surface area (Å²) in [4.78, 5) is 0. The predicted molar refractivity (Wildman–Crippen MR) is 80.0 cm³/mol. The van der Waals surface area contributed by atoms with E-state index >= 15 is 0 Å². The summed E-state index contributed by atoms with van der Waals surface area (Å²) in [7, 11) is 1.97. The van der Waals surface area contributed by atoms with Gasteiger partial charge in [0.05, 0.1) is 12.2 Å². The number of benzene rings is 1. The lowest BCUT2D eigenvalue weighted by Crippen LogP contribution is -2.41. The average Bonchev–Trinajstić information content (AvgIpc) is 2.89. The maximum atomic E-state index is 6.17. The highest BCUT2D eigenvalue weighted by atomic mass is 16.5. The molecule has 1 unspecified atom stereocenters. The molecule has 1 aliphatic heterocycles. The maximum absolute atomic E-state index is 6.17. The van der Waals surface area contributed by atoms with Crippen LogP contribution in [0.5, 0.6) is 5.75 Å². The fourth-order valence-electron chi connectivity index (χ4n) is 3.53. The topological polar surface area (TPSA) is 30.5 Å². The van der Waals surface area contributed by atoms with Crippen molar-refractivity contribution >= 4 is 0 Å². The van der Waals surface area contributed by atoms with Crippen molar-refractivity contribution in [3.63, 3.8) is 0 Å². The van der Waals surface area contributed by atoms with Gasteiger partial charge in [-0.3, -0.25) is 0 Å². The second kappa shape index (κ2) is 6.15. The van der Waals surface area contributed by atoms with Gasteiger partial charge in [0.15, 0.2) is 0 Å². The molecule has 0 bridgehead atoms. The van der Waals surface area contributed by atoms with Gasteiger partial charge in [-0.15, -0.1) is 0 Å². The molecule has 1 spiro atoms. The van der Waals surface area contributed by atoms with Crippen molar-refractivity contribution in [2.45, 2.75) is 56.8 Å². The minimum atomic E-state index is 0.134. The Morgan fingerprint density at radius 3 is 2.70 bits per heavy atom. The van der Waals surface area contributed by atoms with Crippen LogP contribution in [0.25, 0.3) is 0 Å². The number of ether oxygens (including phenoxy) is 2. The Balaban J connectivity index is 1.59. The van der Waals surface area contributed by atoms with E-state index in [0.717, 1.165) is 31.7 Å². The van der Waals surface area contributed by atoms with Gasteiger partial charge in [-0.05, 0) is 37.6 Å². The van der Waals surface area contributed by atoms with Crippen LogP contribution in [0.2, 0.25) is 0 Å². The van der Waals surface area contributed by atoms with Crippen LogP contribution in [0.4, 0.5) is 0 Å². The lowest BCUT2D eigenvalue weighted by Gasteiger charge is -2.38. The van der Waals surface area contributed by atoms with Crippen molar-refractivity contribution < 1.29 is 9.47 Å². The fraction of sp³-hybridized carbons (Fsp3) is 0.647. The van der Waals surface area contributed by atoms with Crippen LogP contribution in [-0.4, -0.2) is 25.4 Å². The van der Waals surface area contributed by atoms with Crippen LogP contribution in [0.15, 0.2) is 24.3 Å². The van der Waals surface area contributed by atoms with Gasteiger partial charge in [0.25, 0.3) is 0 Å². The minimum absolute atomic E-state index is 0.134. The van der Waals surface area contributed by atoms with Crippen molar-refractivity contribution in [1.29, 1.82) is 0 Å². The van der Waals surface area contributed by atoms with Gasteiger partial charge in [-0.1, -0.05) is 25.0 Å². The molecule has 0 aromatic heterocycles. The molecule has 110 valence electrons. The standard InChI is InChI=1S/C17H25NO2/c1-18-13-14-4-6-15(7-5-14)20-16-8-11-19-17(12-16)9-2-3-10-17/h4-7,16,18H,2-3,8-13H2,1H3. The maximum Gasteiger partial charge on any atom is 0.119 e.